The SMILES string of the molecule is N#CC1(C(=O)Nc2nc3ccc(OC(F)(F)F)cc3s2)CC1. The Morgan fingerprint density at radius 1 is 1.45 bits per heavy atom. The number of nitrogens with one attached hydrogen (secondary N) is 1. The topological polar surface area (TPSA) is 75.0 Å². The van der Waals surface area contributed by atoms with Crippen LogP contribution >= 0.6 is 11.3 Å². The van der Waals surface area contributed by atoms with Gasteiger partial charge in [0.05, 0.1) is 16.3 Å². The van der Waals surface area contributed by atoms with Gasteiger partial charge < -0.3 is 10.1 Å². The van der Waals surface area contributed by atoms with Crippen LogP contribution in [0, 0.1) is 16.7 Å². The van der Waals surface area contributed by atoms with Crippen LogP contribution in [0.5, 0.6) is 5.75 Å². The van der Waals surface area contributed by atoms with Gasteiger partial charge in [0, 0.05) is 6.07 Å². The normalized spacial score (nSPS) is 16.1. The molecule has 1 saturated carbocycles. The Labute approximate surface area is 126 Å². The van der Waals surface area contributed by atoms with Gasteiger partial charge in [-0.3, -0.25) is 4.79 Å². The summed E-state index contributed by atoms with van der Waals surface area (Å²) < 4.78 is 40.8. The van der Waals surface area contributed by atoms with Gasteiger partial charge in [0.1, 0.15) is 11.2 Å². The second-order valence-electron chi connectivity index (χ2n) is 4.84. The Kier molecular flexibility index (Phi) is 3.21. The van der Waals surface area contributed by atoms with Gasteiger partial charge in [-0.05, 0) is 25.0 Å². The summed E-state index contributed by atoms with van der Waals surface area (Å²) in [5.41, 5.74) is -0.542. The summed E-state index contributed by atoms with van der Waals surface area (Å²) in [7, 11) is 0. The minimum atomic E-state index is -4.76. The van der Waals surface area contributed by atoms with Gasteiger partial charge in [-0.2, -0.15) is 5.26 Å². The van der Waals surface area contributed by atoms with Crippen LogP contribution in [0.25, 0.3) is 10.2 Å². The van der Waals surface area contributed by atoms with Crippen molar-refractivity contribution >= 4 is 32.6 Å². The lowest BCUT2D eigenvalue weighted by Gasteiger charge is -2.07. The molecule has 0 unspecified atom stereocenters. The number of hydrogen-bond acceptors (Lipinski definition) is 5. The Morgan fingerprint density at radius 2 is 2.18 bits per heavy atom. The highest BCUT2D eigenvalue weighted by molar-refractivity contribution is 7.22. The van der Waals surface area contributed by atoms with Crippen molar-refractivity contribution in [3.8, 4) is 11.8 Å². The van der Waals surface area contributed by atoms with Crippen LogP contribution in [0.3, 0.4) is 0 Å². The summed E-state index contributed by atoms with van der Waals surface area (Å²) in [4.78, 5) is 16.0. The lowest BCUT2D eigenvalue weighted by Crippen LogP contribution is -2.22. The summed E-state index contributed by atoms with van der Waals surface area (Å²) in [6.45, 7) is 0. The van der Waals surface area contributed by atoms with Gasteiger partial charge in [-0.1, -0.05) is 11.3 Å². The van der Waals surface area contributed by atoms with Crippen molar-refractivity contribution in [1.29, 1.82) is 5.26 Å². The molecule has 0 bridgehead atoms. The number of thiazole rings is 1. The molecule has 1 aromatic carbocycles. The molecule has 5 nitrogen and oxygen atoms in total. The van der Waals surface area contributed by atoms with Crippen LogP contribution in [0.2, 0.25) is 0 Å². The largest absolute Gasteiger partial charge is 0.573 e. The zero-order valence-corrected chi connectivity index (χ0v) is 11.7. The third-order valence-corrected chi connectivity index (χ3v) is 4.15. The highest BCUT2D eigenvalue weighted by atomic mass is 32.1. The maximum absolute atomic E-state index is 12.2. The predicted octanol–water partition coefficient (Wildman–Crippen LogP) is 3.44. The fourth-order valence-corrected chi connectivity index (χ4v) is 2.78. The number of anilines is 1. The highest BCUT2D eigenvalue weighted by Crippen LogP contribution is 2.46. The van der Waals surface area contributed by atoms with Crippen molar-refractivity contribution < 1.29 is 22.7 Å². The lowest BCUT2D eigenvalue weighted by atomic mass is 10.1. The number of nitrogens with zero attached hydrogens (tertiary/aromatic N) is 2. The quantitative estimate of drug-likeness (QED) is 0.937. The van der Waals surface area contributed by atoms with E-state index in [1.54, 1.807) is 0 Å². The smallest absolute Gasteiger partial charge is 0.406 e. The molecule has 22 heavy (non-hydrogen) atoms. The number of fused-ring (bicyclic) bond motifs is 1. The van der Waals surface area contributed by atoms with E-state index in [4.69, 9.17) is 5.26 Å². The minimum absolute atomic E-state index is 0.241. The molecule has 1 aliphatic rings. The van der Waals surface area contributed by atoms with Gasteiger partial charge in [0.2, 0.25) is 5.91 Å². The van der Waals surface area contributed by atoms with Crippen LogP contribution in [-0.2, 0) is 4.79 Å². The second kappa shape index (κ2) is 4.84. The predicted molar refractivity (Wildman–Crippen MR) is 72.2 cm³/mol. The number of benzene rings is 1. The van der Waals surface area contributed by atoms with E-state index in [9.17, 15) is 18.0 Å². The molecule has 1 aromatic heterocycles. The number of nitriles is 1. The molecule has 1 amide bonds. The van der Waals surface area contributed by atoms with E-state index < -0.39 is 17.7 Å². The Balaban J connectivity index is 1.81. The number of carbonyl (C=O) groups is 1. The van der Waals surface area contributed by atoms with Gasteiger partial charge in [0.15, 0.2) is 5.13 Å². The van der Waals surface area contributed by atoms with Crippen LogP contribution < -0.4 is 10.1 Å². The third kappa shape index (κ3) is 2.82. The molecule has 0 spiro atoms. The van der Waals surface area contributed by atoms with Gasteiger partial charge >= 0.3 is 6.36 Å². The molecule has 9 heteroatoms. The fourth-order valence-electron chi connectivity index (χ4n) is 1.89. The summed E-state index contributed by atoms with van der Waals surface area (Å²) in [6.07, 6.45) is -3.76. The number of alkyl halides is 3. The van der Waals surface area contributed by atoms with E-state index in [1.165, 1.54) is 12.1 Å². The molecular weight excluding hydrogens is 319 g/mol. The maximum atomic E-state index is 12.2. The first-order chi connectivity index (χ1) is 10.3. The van der Waals surface area contributed by atoms with Crippen molar-refractivity contribution in [3.05, 3.63) is 18.2 Å². The number of amides is 1. The molecular formula is C13H8F3N3O2S. The summed E-state index contributed by atoms with van der Waals surface area (Å²) in [5.74, 6) is -0.780. The molecule has 1 aliphatic carbocycles. The maximum Gasteiger partial charge on any atom is 0.573 e. The first-order valence-corrected chi connectivity index (χ1v) is 7.02. The minimum Gasteiger partial charge on any atom is -0.406 e. The van der Waals surface area contributed by atoms with Crippen molar-refractivity contribution in [2.75, 3.05) is 5.32 Å². The molecule has 0 aliphatic heterocycles. The number of carbonyl (C=O) groups excluding carboxylic acids is 1. The standard InChI is InChI=1S/C13H8F3N3O2S/c14-13(15,16)21-7-1-2-8-9(5-7)22-11(18-8)19-10(20)12(6-17)3-4-12/h1-2,5H,3-4H2,(H,18,19,20). The zero-order chi connectivity index (χ0) is 16.0. The molecule has 3 rings (SSSR count). The van der Waals surface area contributed by atoms with Crippen LogP contribution in [0.15, 0.2) is 18.2 Å². The van der Waals surface area contributed by atoms with E-state index in [-0.39, 0.29) is 10.9 Å². The summed E-state index contributed by atoms with van der Waals surface area (Å²) in [5, 5.41) is 11.7. The number of rotatable bonds is 3. The number of aromatic nitrogens is 1. The van der Waals surface area contributed by atoms with Crippen molar-refractivity contribution in [3.63, 3.8) is 0 Å². The van der Waals surface area contributed by atoms with Crippen LogP contribution in [0.4, 0.5) is 18.3 Å². The average Bonchev–Trinajstić information content (AvgIpc) is 3.12. The van der Waals surface area contributed by atoms with E-state index in [1.807, 2.05) is 6.07 Å². The number of hydrogen-bond donors (Lipinski definition) is 1. The second-order valence-corrected chi connectivity index (χ2v) is 5.88. The van der Waals surface area contributed by atoms with E-state index in [0.717, 1.165) is 17.4 Å². The summed E-state index contributed by atoms with van der Waals surface area (Å²) in [6, 6.07) is 5.69. The van der Waals surface area contributed by atoms with E-state index in [2.05, 4.69) is 15.0 Å². The molecule has 1 fully saturated rings. The molecule has 2 aromatic rings. The number of ether oxygens (including phenoxy) is 1. The van der Waals surface area contributed by atoms with Crippen LogP contribution in [0.1, 0.15) is 12.8 Å². The molecule has 0 atom stereocenters. The Morgan fingerprint density at radius 3 is 2.77 bits per heavy atom. The van der Waals surface area contributed by atoms with E-state index in [0.29, 0.717) is 23.1 Å². The van der Waals surface area contributed by atoms with Crippen molar-refractivity contribution in [2.24, 2.45) is 5.41 Å². The van der Waals surface area contributed by atoms with Crippen molar-refractivity contribution in [2.45, 2.75) is 19.2 Å². The average molecular weight is 327 g/mol. The van der Waals surface area contributed by atoms with Crippen LogP contribution in [-0.4, -0.2) is 17.3 Å². The van der Waals surface area contributed by atoms with Gasteiger partial charge in [0.25, 0.3) is 0 Å². The van der Waals surface area contributed by atoms with Gasteiger partial charge in [-0.15, -0.1) is 13.2 Å². The first kappa shape index (κ1) is 14.6. The Hall–Kier alpha value is -2.34. The molecule has 114 valence electrons. The molecule has 1 heterocycles. The van der Waals surface area contributed by atoms with Crippen molar-refractivity contribution in [1.82, 2.24) is 4.98 Å². The van der Waals surface area contributed by atoms with Gasteiger partial charge in [-0.25, -0.2) is 4.98 Å². The fraction of sp³-hybridized carbons (Fsp3) is 0.308. The number of halogens is 3. The zero-order valence-electron chi connectivity index (χ0n) is 10.9. The molecule has 0 radical (unpaired) electrons. The highest BCUT2D eigenvalue weighted by Gasteiger charge is 2.50. The third-order valence-electron chi connectivity index (χ3n) is 3.21. The monoisotopic (exact) mass is 327 g/mol. The lowest BCUT2D eigenvalue weighted by molar-refractivity contribution is -0.274. The Bertz CT molecular complexity index is 790. The molecule has 1 N–H and O–H groups in total. The summed E-state index contributed by atoms with van der Waals surface area (Å²) >= 11 is 1.02. The first-order valence-electron chi connectivity index (χ1n) is 6.20. The molecule has 0 saturated heterocycles. The van der Waals surface area contributed by atoms with E-state index >= 15 is 0 Å².